The molecule has 3 aromatic rings. The van der Waals surface area contributed by atoms with Gasteiger partial charge in [-0.3, -0.25) is 0 Å². The lowest BCUT2D eigenvalue weighted by Gasteiger charge is -2.07. The van der Waals surface area contributed by atoms with E-state index in [-0.39, 0.29) is 0 Å². The van der Waals surface area contributed by atoms with Gasteiger partial charge >= 0.3 is 0 Å². The van der Waals surface area contributed by atoms with Gasteiger partial charge in [-0.2, -0.15) is 4.98 Å². The number of aromatic nitrogens is 2. The molecule has 0 bridgehead atoms. The average Bonchev–Trinajstić information content (AvgIpc) is 3.06. The van der Waals surface area contributed by atoms with Crippen molar-refractivity contribution in [3.8, 4) is 0 Å². The summed E-state index contributed by atoms with van der Waals surface area (Å²) >= 11 is 3.37. The van der Waals surface area contributed by atoms with E-state index in [4.69, 9.17) is 0 Å². The number of nitrogens with zero attached hydrogens (tertiary/aromatic N) is 2. The standard InChI is InChI=1S/C12H12N4S2/c1-13-12-15-10(9-4-6-18-11(9)16-12)14-7-8-3-2-5-17-8/h2-6H,7H2,1H3,(H2,13,14,15,16). The van der Waals surface area contributed by atoms with Crippen molar-refractivity contribution in [1.82, 2.24) is 9.97 Å². The molecule has 0 aromatic carbocycles. The average molecular weight is 276 g/mol. The molecule has 6 heteroatoms. The summed E-state index contributed by atoms with van der Waals surface area (Å²) in [5.74, 6) is 1.54. The summed E-state index contributed by atoms with van der Waals surface area (Å²) in [4.78, 5) is 11.2. The van der Waals surface area contributed by atoms with Gasteiger partial charge in [0.05, 0.1) is 11.9 Å². The highest BCUT2D eigenvalue weighted by Crippen LogP contribution is 2.26. The molecule has 92 valence electrons. The third-order valence-corrected chi connectivity index (χ3v) is 4.24. The molecule has 3 rings (SSSR count). The van der Waals surface area contributed by atoms with Gasteiger partial charge in [-0.15, -0.1) is 22.7 Å². The lowest BCUT2D eigenvalue weighted by atomic mass is 10.3. The zero-order chi connectivity index (χ0) is 12.4. The molecule has 0 fully saturated rings. The van der Waals surface area contributed by atoms with Crippen molar-refractivity contribution in [2.24, 2.45) is 0 Å². The fraction of sp³-hybridized carbons (Fsp3) is 0.167. The second kappa shape index (κ2) is 4.91. The van der Waals surface area contributed by atoms with E-state index in [9.17, 15) is 0 Å². The Morgan fingerprint density at radius 3 is 2.89 bits per heavy atom. The Morgan fingerprint density at radius 1 is 1.17 bits per heavy atom. The van der Waals surface area contributed by atoms with Gasteiger partial charge < -0.3 is 10.6 Å². The third-order valence-electron chi connectivity index (χ3n) is 2.56. The lowest BCUT2D eigenvalue weighted by Crippen LogP contribution is -2.03. The Bertz CT molecular complexity index is 645. The SMILES string of the molecule is CNc1nc(NCc2cccs2)c2ccsc2n1. The predicted molar refractivity (Wildman–Crippen MR) is 78.6 cm³/mol. The smallest absolute Gasteiger partial charge is 0.225 e. The van der Waals surface area contributed by atoms with Gasteiger partial charge in [0, 0.05) is 11.9 Å². The first-order valence-electron chi connectivity index (χ1n) is 5.56. The van der Waals surface area contributed by atoms with Crippen molar-refractivity contribution in [3.05, 3.63) is 33.8 Å². The number of nitrogens with one attached hydrogen (secondary N) is 2. The Hall–Kier alpha value is -1.66. The van der Waals surface area contributed by atoms with Crippen LogP contribution in [0.25, 0.3) is 10.2 Å². The molecule has 18 heavy (non-hydrogen) atoms. The van der Waals surface area contributed by atoms with E-state index in [1.165, 1.54) is 4.88 Å². The van der Waals surface area contributed by atoms with E-state index in [2.05, 4.69) is 44.2 Å². The minimum absolute atomic E-state index is 0.652. The molecule has 0 saturated carbocycles. The number of rotatable bonds is 4. The molecular weight excluding hydrogens is 264 g/mol. The summed E-state index contributed by atoms with van der Waals surface area (Å²) in [5, 5.41) is 11.6. The van der Waals surface area contributed by atoms with Crippen LogP contribution >= 0.6 is 22.7 Å². The van der Waals surface area contributed by atoms with Gasteiger partial charge in [0.2, 0.25) is 5.95 Å². The minimum Gasteiger partial charge on any atom is -0.364 e. The molecule has 0 radical (unpaired) electrons. The van der Waals surface area contributed by atoms with E-state index < -0.39 is 0 Å². The minimum atomic E-state index is 0.652. The van der Waals surface area contributed by atoms with Crippen LogP contribution in [0, 0.1) is 0 Å². The van der Waals surface area contributed by atoms with Crippen LogP contribution in [0.3, 0.4) is 0 Å². The molecular formula is C12H12N4S2. The first-order chi connectivity index (χ1) is 8.86. The van der Waals surface area contributed by atoms with E-state index in [0.717, 1.165) is 22.6 Å². The van der Waals surface area contributed by atoms with Gasteiger partial charge in [0.25, 0.3) is 0 Å². The van der Waals surface area contributed by atoms with Crippen molar-refractivity contribution in [3.63, 3.8) is 0 Å². The monoisotopic (exact) mass is 276 g/mol. The highest BCUT2D eigenvalue weighted by atomic mass is 32.1. The fourth-order valence-electron chi connectivity index (χ4n) is 1.69. The van der Waals surface area contributed by atoms with Crippen LogP contribution in [0.15, 0.2) is 29.0 Å². The highest BCUT2D eigenvalue weighted by molar-refractivity contribution is 7.16. The number of anilines is 2. The third kappa shape index (κ3) is 2.16. The zero-order valence-corrected chi connectivity index (χ0v) is 11.4. The quantitative estimate of drug-likeness (QED) is 0.766. The topological polar surface area (TPSA) is 49.8 Å². The van der Waals surface area contributed by atoms with Gasteiger partial charge in [0.15, 0.2) is 0 Å². The number of hydrogen-bond donors (Lipinski definition) is 2. The van der Waals surface area contributed by atoms with Crippen molar-refractivity contribution < 1.29 is 0 Å². The molecule has 3 aromatic heterocycles. The molecule has 3 heterocycles. The van der Waals surface area contributed by atoms with Crippen LogP contribution in [0.4, 0.5) is 11.8 Å². The van der Waals surface area contributed by atoms with Crippen molar-refractivity contribution in [2.75, 3.05) is 17.7 Å². The van der Waals surface area contributed by atoms with Crippen LogP contribution < -0.4 is 10.6 Å². The number of fused-ring (bicyclic) bond motifs is 1. The maximum Gasteiger partial charge on any atom is 0.225 e. The molecule has 0 amide bonds. The Morgan fingerprint density at radius 2 is 2.11 bits per heavy atom. The summed E-state index contributed by atoms with van der Waals surface area (Å²) in [7, 11) is 1.83. The number of thiophene rings is 2. The zero-order valence-electron chi connectivity index (χ0n) is 9.80. The normalized spacial score (nSPS) is 10.7. The van der Waals surface area contributed by atoms with Crippen molar-refractivity contribution >= 4 is 44.7 Å². The molecule has 0 spiro atoms. The largest absolute Gasteiger partial charge is 0.364 e. The summed E-state index contributed by atoms with van der Waals surface area (Å²) in [6, 6.07) is 6.22. The Labute approximate surface area is 113 Å². The van der Waals surface area contributed by atoms with E-state index >= 15 is 0 Å². The van der Waals surface area contributed by atoms with Crippen LogP contribution in [-0.4, -0.2) is 17.0 Å². The first kappa shape index (κ1) is 11.4. The molecule has 0 aliphatic carbocycles. The molecule has 0 unspecified atom stereocenters. The van der Waals surface area contributed by atoms with Crippen LogP contribution in [-0.2, 0) is 6.54 Å². The van der Waals surface area contributed by atoms with E-state index in [1.807, 2.05) is 12.4 Å². The number of hydrogen-bond acceptors (Lipinski definition) is 6. The lowest BCUT2D eigenvalue weighted by molar-refractivity contribution is 1.12. The van der Waals surface area contributed by atoms with Gasteiger partial charge in [-0.25, -0.2) is 4.98 Å². The van der Waals surface area contributed by atoms with Crippen LogP contribution in [0.5, 0.6) is 0 Å². The second-order valence-electron chi connectivity index (χ2n) is 3.72. The maximum absolute atomic E-state index is 4.47. The van der Waals surface area contributed by atoms with Gasteiger partial charge in [0.1, 0.15) is 10.6 Å². The summed E-state index contributed by atoms with van der Waals surface area (Å²) in [6.45, 7) is 0.794. The second-order valence-corrected chi connectivity index (χ2v) is 5.64. The van der Waals surface area contributed by atoms with Crippen molar-refractivity contribution in [1.29, 1.82) is 0 Å². The van der Waals surface area contributed by atoms with E-state index in [1.54, 1.807) is 22.7 Å². The van der Waals surface area contributed by atoms with Gasteiger partial charge in [-0.05, 0) is 22.9 Å². The Kier molecular flexibility index (Phi) is 3.12. The first-order valence-corrected chi connectivity index (χ1v) is 7.32. The summed E-state index contributed by atoms with van der Waals surface area (Å²) in [5.41, 5.74) is 0. The highest BCUT2D eigenvalue weighted by Gasteiger charge is 2.07. The van der Waals surface area contributed by atoms with Gasteiger partial charge in [-0.1, -0.05) is 6.07 Å². The molecule has 0 aliphatic rings. The van der Waals surface area contributed by atoms with Crippen LogP contribution in [0.1, 0.15) is 4.88 Å². The van der Waals surface area contributed by atoms with E-state index in [0.29, 0.717) is 5.95 Å². The molecule has 0 atom stereocenters. The fourth-order valence-corrected chi connectivity index (χ4v) is 3.09. The Balaban J connectivity index is 1.92. The summed E-state index contributed by atoms with van der Waals surface area (Å²) in [6.07, 6.45) is 0. The van der Waals surface area contributed by atoms with Crippen molar-refractivity contribution in [2.45, 2.75) is 6.54 Å². The maximum atomic E-state index is 4.47. The summed E-state index contributed by atoms with van der Waals surface area (Å²) < 4.78 is 0. The molecule has 0 aliphatic heterocycles. The van der Waals surface area contributed by atoms with Crippen LogP contribution in [0.2, 0.25) is 0 Å². The molecule has 4 nitrogen and oxygen atoms in total. The molecule has 0 saturated heterocycles. The molecule has 2 N–H and O–H groups in total. The predicted octanol–water partition coefficient (Wildman–Crippen LogP) is 3.41.